The van der Waals surface area contributed by atoms with Crippen LogP contribution in [0.2, 0.25) is 0 Å². The van der Waals surface area contributed by atoms with Crippen LogP contribution in [0.3, 0.4) is 0 Å². The van der Waals surface area contributed by atoms with Crippen molar-refractivity contribution >= 4 is 5.91 Å². The predicted molar refractivity (Wildman–Crippen MR) is 113 cm³/mol. The molecule has 30 heavy (non-hydrogen) atoms. The molecule has 0 saturated heterocycles. The molecule has 3 rings (SSSR count). The third kappa shape index (κ3) is 4.42. The van der Waals surface area contributed by atoms with Crippen LogP contribution in [0.5, 0.6) is 17.2 Å². The Morgan fingerprint density at radius 2 is 1.77 bits per heavy atom. The van der Waals surface area contributed by atoms with Crippen LogP contribution in [0.25, 0.3) is 11.4 Å². The zero-order chi connectivity index (χ0) is 22.1. The van der Waals surface area contributed by atoms with E-state index in [2.05, 4.69) is 9.97 Å². The van der Waals surface area contributed by atoms with E-state index in [-0.39, 0.29) is 23.4 Å². The van der Waals surface area contributed by atoms with E-state index in [1.807, 2.05) is 20.8 Å². The average Bonchev–Trinajstić information content (AvgIpc) is 2.70. The quantitative estimate of drug-likeness (QED) is 0.807. The number of benzene rings is 1. The monoisotopic (exact) mass is 415 g/mol. The van der Waals surface area contributed by atoms with Gasteiger partial charge in [0.05, 0.1) is 39.1 Å². The fourth-order valence-corrected chi connectivity index (χ4v) is 3.56. The normalized spacial score (nSPS) is 13.6. The number of aromatic nitrogens is 2. The molecular weight excluding hydrogens is 386 g/mol. The Kier molecular flexibility index (Phi) is 6.05. The minimum atomic E-state index is -0.239. The molecule has 8 heteroatoms. The number of H-pyrrole nitrogens is 1. The van der Waals surface area contributed by atoms with Gasteiger partial charge in [0, 0.05) is 24.9 Å². The highest BCUT2D eigenvalue weighted by Gasteiger charge is 2.27. The molecule has 1 aliphatic rings. The summed E-state index contributed by atoms with van der Waals surface area (Å²) in [6, 6.07) is 3.49. The van der Waals surface area contributed by atoms with E-state index in [1.54, 1.807) is 17.0 Å². The first-order chi connectivity index (χ1) is 14.2. The summed E-state index contributed by atoms with van der Waals surface area (Å²) in [6.07, 6.45) is 0.976. The van der Waals surface area contributed by atoms with Gasteiger partial charge in [-0.15, -0.1) is 0 Å². The van der Waals surface area contributed by atoms with Gasteiger partial charge in [0.2, 0.25) is 11.7 Å². The van der Waals surface area contributed by atoms with E-state index in [9.17, 15) is 9.59 Å². The summed E-state index contributed by atoms with van der Waals surface area (Å²) in [7, 11) is 4.60. The second-order valence-corrected chi connectivity index (χ2v) is 8.56. The molecule has 0 fully saturated rings. The number of carbonyl (C=O) groups is 1. The lowest BCUT2D eigenvalue weighted by molar-refractivity contribution is -0.134. The molecule has 1 N–H and O–H groups in total. The van der Waals surface area contributed by atoms with E-state index >= 15 is 0 Å². The maximum Gasteiger partial charge on any atom is 0.256 e. The van der Waals surface area contributed by atoms with Gasteiger partial charge in [-0.05, 0) is 17.5 Å². The second kappa shape index (κ2) is 8.38. The summed E-state index contributed by atoms with van der Waals surface area (Å²) in [5, 5.41) is 0. The summed E-state index contributed by atoms with van der Waals surface area (Å²) < 4.78 is 16.1. The highest BCUT2D eigenvalue weighted by molar-refractivity contribution is 5.77. The zero-order valence-electron chi connectivity index (χ0n) is 18.4. The van der Waals surface area contributed by atoms with Gasteiger partial charge in [0.15, 0.2) is 11.5 Å². The molecule has 1 aliphatic heterocycles. The second-order valence-electron chi connectivity index (χ2n) is 8.56. The molecule has 0 atom stereocenters. The van der Waals surface area contributed by atoms with Crippen LogP contribution in [0.4, 0.5) is 0 Å². The fraction of sp³-hybridized carbons (Fsp3) is 0.500. The number of methoxy groups -OCH3 is 3. The van der Waals surface area contributed by atoms with Gasteiger partial charge < -0.3 is 24.1 Å². The first-order valence-corrected chi connectivity index (χ1v) is 9.87. The minimum Gasteiger partial charge on any atom is -0.493 e. The number of carbonyl (C=O) groups excluding carboxylic acids is 1. The maximum absolute atomic E-state index is 12.8. The minimum absolute atomic E-state index is 0.0567. The topological polar surface area (TPSA) is 93.8 Å². The highest BCUT2D eigenvalue weighted by Crippen LogP contribution is 2.40. The Labute approximate surface area is 176 Å². The Morgan fingerprint density at radius 1 is 1.13 bits per heavy atom. The van der Waals surface area contributed by atoms with Crippen molar-refractivity contribution in [3.05, 3.63) is 33.7 Å². The summed E-state index contributed by atoms with van der Waals surface area (Å²) in [5.74, 6) is 1.91. The van der Waals surface area contributed by atoms with E-state index in [0.717, 1.165) is 0 Å². The smallest absolute Gasteiger partial charge is 0.256 e. The van der Waals surface area contributed by atoms with Crippen molar-refractivity contribution in [1.29, 1.82) is 0 Å². The summed E-state index contributed by atoms with van der Waals surface area (Å²) >= 11 is 0. The van der Waals surface area contributed by atoms with Crippen molar-refractivity contribution in [2.75, 3.05) is 27.9 Å². The number of hydrogen-bond acceptors (Lipinski definition) is 6. The van der Waals surface area contributed by atoms with Crippen molar-refractivity contribution in [2.24, 2.45) is 5.41 Å². The molecule has 0 unspecified atom stereocenters. The zero-order valence-corrected chi connectivity index (χ0v) is 18.4. The van der Waals surface area contributed by atoms with Gasteiger partial charge in [-0.25, -0.2) is 4.98 Å². The van der Waals surface area contributed by atoms with Crippen LogP contribution in [-0.2, 0) is 17.8 Å². The molecule has 2 heterocycles. The number of amides is 1. The molecule has 0 saturated carbocycles. The van der Waals surface area contributed by atoms with Crippen LogP contribution in [0, 0.1) is 5.41 Å². The van der Waals surface area contributed by atoms with Crippen LogP contribution >= 0.6 is 0 Å². The Bertz CT molecular complexity index is 982. The average molecular weight is 415 g/mol. The Morgan fingerprint density at radius 3 is 2.30 bits per heavy atom. The lowest BCUT2D eigenvalue weighted by Gasteiger charge is -2.30. The first-order valence-electron chi connectivity index (χ1n) is 9.87. The molecule has 0 spiro atoms. The Hall–Kier alpha value is -3.03. The first kappa shape index (κ1) is 21.7. The third-order valence-electron chi connectivity index (χ3n) is 5.04. The largest absolute Gasteiger partial charge is 0.493 e. The van der Waals surface area contributed by atoms with Crippen molar-refractivity contribution in [3.63, 3.8) is 0 Å². The van der Waals surface area contributed by atoms with Crippen LogP contribution in [0.1, 0.15) is 38.4 Å². The standard InChI is InChI=1S/C22H29N3O5/c1-22(2,3)11-18(26)25-8-7-15-14(12-25)21(27)24-20(23-15)13-9-16(28-4)19(30-6)17(10-13)29-5/h9-10H,7-8,11-12H2,1-6H3,(H,23,24,27). The van der Waals surface area contributed by atoms with Crippen LogP contribution in [-0.4, -0.2) is 48.6 Å². The molecule has 2 aromatic rings. The van der Waals surface area contributed by atoms with Crippen molar-refractivity contribution in [1.82, 2.24) is 14.9 Å². The van der Waals surface area contributed by atoms with Gasteiger partial charge in [-0.3, -0.25) is 9.59 Å². The number of nitrogens with one attached hydrogen (secondary N) is 1. The highest BCUT2D eigenvalue weighted by atomic mass is 16.5. The SMILES string of the molecule is COc1cc(-c2nc3c(c(=O)[nH]2)CN(C(=O)CC(C)(C)C)CC3)cc(OC)c1OC. The van der Waals surface area contributed by atoms with Gasteiger partial charge in [-0.1, -0.05) is 20.8 Å². The maximum atomic E-state index is 12.8. The van der Waals surface area contributed by atoms with Crippen molar-refractivity contribution in [3.8, 4) is 28.6 Å². The molecule has 0 bridgehead atoms. The number of ether oxygens (including phenoxy) is 3. The van der Waals surface area contributed by atoms with E-state index in [4.69, 9.17) is 14.2 Å². The molecule has 8 nitrogen and oxygen atoms in total. The van der Waals surface area contributed by atoms with Crippen molar-refractivity contribution < 1.29 is 19.0 Å². The molecule has 162 valence electrons. The molecule has 1 aromatic carbocycles. The predicted octanol–water partition coefficient (Wildman–Crippen LogP) is 2.78. The number of hydrogen-bond donors (Lipinski definition) is 1. The summed E-state index contributed by atoms with van der Waals surface area (Å²) in [5.41, 5.74) is 1.56. The molecule has 0 radical (unpaired) electrons. The number of nitrogens with zero attached hydrogens (tertiary/aromatic N) is 2. The molecule has 1 aromatic heterocycles. The number of aromatic amines is 1. The van der Waals surface area contributed by atoms with E-state index < -0.39 is 0 Å². The lowest BCUT2D eigenvalue weighted by Crippen LogP contribution is -2.40. The van der Waals surface area contributed by atoms with Crippen molar-refractivity contribution in [2.45, 2.75) is 40.2 Å². The molecular formula is C22H29N3O5. The molecule has 0 aliphatic carbocycles. The van der Waals surface area contributed by atoms with E-state index in [1.165, 1.54) is 21.3 Å². The van der Waals surface area contributed by atoms with Crippen LogP contribution in [0.15, 0.2) is 16.9 Å². The third-order valence-corrected chi connectivity index (χ3v) is 5.04. The summed E-state index contributed by atoms with van der Waals surface area (Å²) in [6.45, 7) is 6.91. The van der Waals surface area contributed by atoms with Gasteiger partial charge in [0.25, 0.3) is 5.56 Å². The number of rotatable bonds is 5. The lowest BCUT2D eigenvalue weighted by atomic mass is 9.91. The van der Waals surface area contributed by atoms with Gasteiger partial charge in [-0.2, -0.15) is 0 Å². The number of fused-ring (bicyclic) bond motifs is 1. The van der Waals surface area contributed by atoms with Gasteiger partial charge >= 0.3 is 0 Å². The van der Waals surface area contributed by atoms with E-state index in [0.29, 0.717) is 59.3 Å². The van der Waals surface area contributed by atoms with Crippen LogP contribution < -0.4 is 19.8 Å². The molecule has 1 amide bonds. The Balaban J connectivity index is 1.95. The van der Waals surface area contributed by atoms with Gasteiger partial charge in [0.1, 0.15) is 5.82 Å². The summed E-state index contributed by atoms with van der Waals surface area (Å²) in [4.78, 5) is 34.7. The fourth-order valence-electron chi connectivity index (χ4n) is 3.56.